The summed E-state index contributed by atoms with van der Waals surface area (Å²) in [5.74, 6) is 6.30. The van der Waals surface area contributed by atoms with Crippen LogP contribution in [0.5, 0.6) is 0 Å². The van der Waals surface area contributed by atoms with Crippen LogP contribution in [0.1, 0.15) is 16.7 Å². The number of H-pyrrole nitrogens is 1. The zero-order valence-corrected chi connectivity index (χ0v) is 13.9. The molecule has 0 atom stereocenters. The summed E-state index contributed by atoms with van der Waals surface area (Å²) in [6.07, 6.45) is 3.86. The summed E-state index contributed by atoms with van der Waals surface area (Å²) in [6.45, 7) is 0.322. The molecule has 6 heteroatoms. The largest absolute Gasteiger partial charge is 0.361 e. The molecule has 0 radical (unpaired) electrons. The molecule has 2 aromatic carbocycles. The molecule has 4 rings (SSSR count). The number of nitrogens with one attached hydrogen (secondary N) is 1. The van der Waals surface area contributed by atoms with E-state index in [1.165, 1.54) is 16.6 Å². The molecule has 4 aromatic rings. The van der Waals surface area contributed by atoms with E-state index in [2.05, 4.69) is 32.4 Å². The van der Waals surface area contributed by atoms with Crippen molar-refractivity contribution in [1.82, 2.24) is 25.2 Å². The molecule has 0 saturated carbocycles. The average molecular weight is 341 g/mol. The molecular formula is C20H15N5O. The van der Waals surface area contributed by atoms with Crippen molar-refractivity contribution in [2.24, 2.45) is 0 Å². The van der Waals surface area contributed by atoms with Crippen molar-refractivity contribution in [2.75, 3.05) is 0 Å². The quantitative estimate of drug-likeness (QED) is 0.579. The summed E-state index contributed by atoms with van der Waals surface area (Å²) in [5, 5.41) is 11.6. The Balaban J connectivity index is 1.63. The van der Waals surface area contributed by atoms with E-state index in [-0.39, 0.29) is 5.43 Å². The van der Waals surface area contributed by atoms with Crippen LogP contribution in [0, 0.1) is 11.8 Å². The number of fused-ring (bicyclic) bond motifs is 1. The third-order valence-electron chi connectivity index (χ3n) is 4.05. The Hall–Kier alpha value is -3.72. The monoisotopic (exact) mass is 341 g/mol. The minimum atomic E-state index is -0.0408. The average Bonchev–Trinajstić information content (AvgIpc) is 3.18. The van der Waals surface area contributed by atoms with E-state index in [0.29, 0.717) is 23.9 Å². The Bertz CT molecular complexity index is 1150. The van der Waals surface area contributed by atoms with Crippen LogP contribution in [0.4, 0.5) is 0 Å². The highest BCUT2D eigenvalue weighted by Gasteiger charge is 2.07. The van der Waals surface area contributed by atoms with Crippen molar-refractivity contribution < 1.29 is 0 Å². The maximum atomic E-state index is 12.8. The van der Waals surface area contributed by atoms with E-state index < -0.39 is 0 Å². The predicted molar refractivity (Wildman–Crippen MR) is 98.5 cm³/mol. The first-order chi connectivity index (χ1) is 12.8. The van der Waals surface area contributed by atoms with Gasteiger partial charge in [0, 0.05) is 34.6 Å². The smallest absolute Gasteiger partial charge is 0.194 e. The van der Waals surface area contributed by atoms with Crippen LogP contribution in [-0.4, -0.2) is 25.2 Å². The number of tetrazole rings is 1. The molecule has 0 bridgehead atoms. The van der Waals surface area contributed by atoms with Gasteiger partial charge < -0.3 is 4.98 Å². The molecule has 0 unspecified atom stereocenters. The van der Waals surface area contributed by atoms with Crippen LogP contribution < -0.4 is 5.43 Å². The Morgan fingerprint density at radius 1 is 1.12 bits per heavy atom. The minimum Gasteiger partial charge on any atom is -0.361 e. The molecule has 0 spiro atoms. The summed E-state index contributed by atoms with van der Waals surface area (Å²) < 4.78 is 1.51. The molecule has 126 valence electrons. The van der Waals surface area contributed by atoms with E-state index in [9.17, 15) is 4.79 Å². The first-order valence-electron chi connectivity index (χ1n) is 8.17. The third kappa shape index (κ3) is 3.37. The second kappa shape index (κ2) is 7.03. The molecule has 26 heavy (non-hydrogen) atoms. The highest BCUT2D eigenvalue weighted by atomic mass is 16.1. The minimum absolute atomic E-state index is 0.0408. The zero-order valence-electron chi connectivity index (χ0n) is 13.9. The number of rotatable bonds is 3. The first kappa shape index (κ1) is 15.8. The summed E-state index contributed by atoms with van der Waals surface area (Å²) >= 11 is 0. The van der Waals surface area contributed by atoms with Crippen LogP contribution >= 0.6 is 0 Å². The first-order valence-corrected chi connectivity index (χ1v) is 8.17. The third-order valence-corrected chi connectivity index (χ3v) is 4.05. The van der Waals surface area contributed by atoms with Crippen molar-refractivity contribution in [3.8, 4) is 11.8 Å². The van der Waals surface area contributed by atoms with Gasteiger partial charge in [0.05, 0.1) is 6.54 Å². The Morgan fingerprint density at radius 3 is 2.81 bits per heavy atom. The number of aromatic amines is 1. The normalized spacial score (nSPS) is 10.5. The van der Waals surface area contributed by atoms with Gasteiger partial charge in [-0.2, -0.15) is 0 Å². The lowest BCUT2D eigenvalue weighted by Crippen LogP contribution is -2.14. The van der Waals surface area contributed by atoms with Gasteiger partial charge in [0.2, 0.25) is 0 Å². The van der Waals surface area contributed by atoms with Gasteiger partial charge in [-0.15, -0.1) is 5.10 Å². The lowest BCUT2D eigenvalue weighted by Gasteiger charge is -2.03. The van der Waals surface area contributed by atoms with E-state index in [1.54, 1.807) is 6.20 Å². The van der Waals surface area contributed by atoms with Crippen molar-refractivity contribution >= 4 is 10.9 Å². The Kier molecular flexibility index (Phi) is 4.27. The van der Waals surface area contributed by atoms with E-state index in [4.69, 9.17) is 0 Å². The van der Waals surface area contributed by atoms with E-state index >= 15 is 0 Å². The molecule has 0 amide bonds. The molecule has 0 aliphatic rings. The van der Waals surface area contributed by atoms with Crippen LogP contribution in [0.3, 0.4) is 0 Å². The van der Waals surface area contributed by atoms with Crippen LogP contribution in [0.25, 0.3) is 10.9 Å². The zero-order chi connectivity index (χ0) is 17.8. The van der Waals surface area contributed by atoms with Gasteiger partial charge in [-0.05, 0) is 34.2 Å². The maximum Gasteiger partial charge on any atom is 0.194 e. The van der Waals surface area contributed by atoms with Gasteiger partial charge in [-0.1, -0.05) is 42.2 Å². The maximum absolute atomic E-state index is 12.8. The standard InChI is InChI=1S/C20H15N5O/c26-20-17(13-25-14-22-23-24-25)12-21-19-10-9-16(11-18(19)20)8-4-7-15-5-2-1-3-6-15/h1-3,5-6,9-12,14H,7,13H2,(H,21,26). The van der Waals surface area contributed by atoms with Crippen LogP contribution in [-0.2, 0) is 13.0 Å². The molecule has 2 heterocycles. The van der Waals surface area contributed by atoms with Crippen molar-refractivity contribution in [1.29, 1.82) is 0 Å². The second-order valence-electron chi connectivity index (χ2n) is 5.87. The molecule has 6 nitrogen and oxygen atoms in total. The lowest BCUT2D eigenvalue weighted by atomic mass is 10.1. The number of hydrogen-bond donors (Lipinski definition) is 1. The van der Waals surface area contributed by atoms with Gasteiger partial charge in [-0.3, -0.25) is 4.79 Å². The highest BCUT2D eigenvalue weighted by Crippen LogP contribution is 2.11. The molecule has 0 aliphatic carbocycles. The lowest BCUT2D eigenvalue weighted by molar-refractivity contribution is 0.645. The fraction of sp³-hybridized carbons (Fsp3) is 0.100. The molecule has 0 saturated heterocycles. The number of aromatic nitrogens is 5. The van der Waals surface area contributed by atoms with E-state index in [0.717, 1.165) is 11.1 Å². The molecule has 1 N–H and O–H groups in total. The molecule has 0 fully saturated rings. The van der Waals surface area contributed by atoms with Crippen molar-refractivity contribution in [3.63, 3.8) is 0 Å². The Morgan fingerprint density at radius 2 is 2.00 bits per heavy atom. The highest BCUT2D eigenvalue weighted by molar-refractivity contribution is 5.80. The summed E-state index contributed by atoms with van der Waals surface area (Å²) in [7, 11) is 0. The summed E-state index contributed by atoms with van der Waals surface area (Å²) in [6, 6.07) is 15.7. The number of nitrogens with zero attached hydrogens (tertiary/aromatic N) is 4. The predicted octanol–water partition coefficient (Wildman–Crippen LogP) is 2.16. The van der Waals surface area contributed by atoms with Gasteiger partial charge in [0.25, 0.3) is 0 Å². The number of hydrogen-bond acceptors (Lipinski definition) is 4. The SMILES string of the molecule is O=c1c(Cn2cnnn2)c[nH]c2ccc(C#CCc3ccccc3)cc12. The van der Waals surface area contributed by atoms with Gasteiger partial charge in [-0.25, -0.2) is 4.68 Å². The molecular weight excluding hydrogens is 326 g/mol. The molecule has 2 aromatic heterocycles. The van der Waals surface area contributed by atoms with Crippen LogP contribution in [0.15, 0.2) is 65.8 Å². The van der Waals surface area contributed by atoms with Crippen molar-refractivity contribution in [3.05, 3.63) is 88.0 Å². The number of benzene rings is 2. The Labute approximate surface area is 149 Å². The van der Waals surface area contributed by atoms with E-state index in [1.807, 2.05) is 48.5 Å². The van der Waals surface area contributed by atoms with Gasteiger partial charge >= 0.3 is 0 Å². The van der Waals surface area contributed by atoms with Crippen molar-refractivity contribution in [2.45, 2.75) is 13.0 Å². The second-order valence-corrected chi connectivity index (χ2v) is 5.87. The van der Waals surface area contributed by atoms with Gasteiger partial charge in [0.15, 0.2) is 5.43 Å². The number of pyridine rings is 1. The fourth-order valence-corrected chi connectivity index (χ4v) is 2.73. The summed E-state index contributed by atoms with van der Waals surface area (Å²) in [5.41, 5.74) is 3.32. The van der Waals surface area contributed by atoms with Gasteiger partial charge in [0.1, 0.15) is 6.33 Å². The fourth-order valence-electron chi connectivity index (χ4n) is 2.73. The van der Waals surface area contributed by atoms with Crippen LogP contribution in [0.2, 0.25) is 0 Å². The molecule has 0 aliphatic heterocycles. The topological polar surface area (TPSA) is 76.5 Å². The summed E-state index contributed by atoms with van der Waals surface area (Å²) in [4.78, 5) is 15.9.